The van der Waals surface area contributed by atoms with Gasteiger partial charge in [-0.3, -0.25) is 0 Å². The van der Waals surface area contributed by atoms with E-state index < -0.39 is 0 Å². The first-order valence-corrected chi connectivity index (χ1v) is 6.94. The molecular formula is C14H22N2O. The average Bonchev–Trinajstić information content (AvgIpc) is 2.86. The van der Waals surface area contributed by atoms with Crippen molar-refractivity contribution in [2.45, 2.75) is 38.1 Å². The van der Waals surface area contributed by atoms with Gasteiger partial charge < -0.3 is 15.1 Å². The van der Waals surface area contributed by atoms with Crippen LogP contribution in [0.1, 0.15) is 43.0 Å². The Bertz CT molecular complexity index is 355. The van der Waals surface area contributed by atoms with Gasteiger partial charge in [-0.2, -0.15) is 0 Å². The minimum Gasteiger partial charge on any atom is -0.469 e. The van der Waals surface area contributed by atoms with Gasteiger partial charge in [0, 0.05) is 18.0 Å². The minimum atomic E-state index is 0.527. The molecule has 1 aliphatic heterocycles. The van der Waals surface area contributed by atoms with Crippen LogP contribution in [0.5, 0.6) is 0 Å². The molecule has 0 radical (unpaired) electrons. The van der Waals surface area contributed by atoms with Crippen LogP contribution in [0, 0.1) is 5.92 Å². The van der Waals surface area contributed by atoms with Crippen LogP contribution in [0.15, 0.2) is 16.7 Å². The van der Waals surface area contributed by atoms with Gasteiger partial charge in [0.2, 0.25) is 0 Å². The van der Waals surface area contributed by atoms with Crippen molar-refractivity contribution in [3.63, 3.8) is 0 Å². The fraction of sp³-hybridized carbons (Fsp3) is 0.714. The summed E-state index contributed by atoms with van der Waals surface area (Å²) < 4.78 is 5.53. The Balaban J connectivity index is 1.56. The first-order valence-electron chi connectivity index (χ1n) is 6.94. The topological polar surface area (TPSA) is 37.2 Å². The molecule has 0 aromatic carbocycles. The molecule has 1 fully saturated rings. The Morgan fingerprint density at radius 2 is 2.35 bits per heavy atom. The Labute approximate surface area is 103 Å². The van der Waals surface area contributed by atoms with Crippen LogP contribution in [0.2, 0.25) is 0 Å². The van der Waals surface area contributed by atoms with Crippen molar-refractivity contribution in [2.24, 2.45) is 5.92 Å². The molecule has 1 aromatic heterocycles. The molecule has 3 rings (SSSR count). The number of aryl methyl sites for hydroxylation is 1. The molecule has 17 heavy (non-hydrogen) atoms. The molecule has 0 spiro atoms. The molecule has 0 bridgehead atoms. The van der Waals surface area contributed by atoms with Crippen LogP contribution < -0.4 is 10.6 Å². The lowest BCUT2D eigenvalue weighted by Crippen LogP contribution is -2.37. The number of nitrogens with one attached hydrogen (secondary N) is 2. The summed E-state index contributed by atoms with van der Waals surface area (Å²) in [5.41, 5.74) is 1.40. The van der Waals surface area contributed by atoms with E-state index in [0.29, 0.717) is 6.04 Å². The first-order chi connectivity index (χ1) is 8.43. The third kappa shape index (κ3) is 2.55. The Hall–Kier alpha value is -0.800. The van der Waals surface area contributed by atoms with E-state index in [1.165, 1.54) is 50.1 Å². The zero-order valence-corrected chi connectivity index (χ0v) is 10.4. The molecule has 3 nitrogen and oxygen atoms in total. The lowest BCUT2D eigenvalue weighted by Gasteiger charge is -2.28. The Kier molecular flexibility index (Phi) is 3.48. The van der Waals surface area contributed by atoms with E-state index in [0.717, 1.165) is 18.9 Å². The van der Waals surface area contributed by atoms with E-state index in [9.17, 15) is 0 Å². The molecule has 2 atom stereocenters. The van der Waals surface area contributed by atoms with Crippen molar-refractivity contribution in [1.82, 2.24) is 10.6 Å². The van der Waals surface area contributed by atoms with Crippen molar-refractivity contribution in [2.75, 3.05) is 19.6 Å². The second-order valence-electron chi connectivity index (χ2n) is 5.36. The summed E-state index contributed by atoms with van der Waals surface area (Å²) in [5.74, 6) is 2.01. The largest absolute Gasteiger partial charge is 0.469 e. The van der Waals surface area contributed by atoms with Crippen molar-refractivity contribution < 1.29 is 4.42 Å². The Morgan fingerprint density at radius 3 is 3.24 bits per heavy atom. The number of fused-ring (bicyclic) bond motifs is 1. The standard InChI is InChI=1S/C14H22N2O/c1-4-13(12-6-8-17-14(12)5-1)16-10-11-3-2-7-15-9-11/h6,8,11,13,15-16H,1-5,7,9-10H2. The molecule has 2 N–H and O–H groups in total. The maximum absolute atomic E-state index is 5.53. The quantitative estimate of drug-likeness (QED) is 0.842. The van der Waals surface area contributed by atoms with Gasteiger partial charge in [0.15, 0.2) is 0 Å². The van der Waals surface area contributed by atoms with Crippen LogP contribution in [-0.2, 0) is 6.42 Å². The van der Waals surface area contributed by atoms with Crippen LogP contribution in [0.4, 0.5) is 0 Å². The van der Waals surface area contributed by atoms with Gasteiger partial charge in [-0.05, 0) is 57.3 Å². The van der Waals surface area contributed by atoms with Gasteiger partial charge in [0.1, 0.15) is 5.76 Å². The summed E-state index contributed by atoms with van der Waals surface area (Å²) in [6, 6.07) is 2.67. The first kappa shape index (κ1) is 11.3. The third-order valence-electron chi connectivity index (χ3n) is 4.10. The van der Waals surface area contributed by atoms with E-state index >= 15 is 0 Å². The van der Waals surface area contributed by atoms with Gasteiger partial charge in [0.05, 0.1) is 6.26 Å². The van der Waals surface area contributed by atoms with E-state index in [-0.39, 0.29) is 0 Å². The molecule has 1 aromatic rings. The van der Waals surface area contributed by atoms with Gasteiger partial charge in [-0.15, -0.1) is 0 Å². The molecule has 94 valence electrons. The van der Waals surface area contributed by atoms with Crippen LogP contribution in [-0.4, -0.2) is 19.6 Å². The van der Waals surface area contributed by atoms with E-state index in [2.05, 4.69) is 16.7 Å². The molecular weight excluding hydrogens is 212 g/mol. The fourth-order valence-corrected chi connectivity index (χ4v) is 3.11. The summed E-state index contributed by atoms with van der Waals surface area (Å²) in [7, 11) is 0. The van der Waals surface area contributed by atoms with Crippen molar-refractivity contribution in [1.29, 1.82) is 0 Å². The number of furan rings is 1. The van der Waals surface area contributed by atoms with Gasteiger partial charge in [-0.25, -0.2) is 0 Å². The maximum Gasteiger partial charge on any atom is 0.108 e. The summed E-state index contributed by atoms with van der Waals surface area (Å²) in [6.07, 6.45) is 8.16. The van der Waals surface area contributed by atoms with E-state index in [1.807, 2.05) is 6.26 Å². The second-order valence-corrected chi connectivity index (χ2v) is 5.36. The molecule has 2 unspecified atom stereocenters. The van der Waals surface area contributed by atoms with Crippen molar-refractivity contribution >= 4 is 0 Å². The normalized spacial score (nSPS) is 28.9. The molecule has 2 heterocycles. The summed E-state index contributed by atoms with van der Waals surface area (Å²) in [4.78, 5) is 0. The smallest absolute Gasteiger partial charge is 0.108 e. The fourth-order valence-electron chi connectivity index (χ4n) is 3.11. The Morgan fingerprint density at radius 1 is 1.35 bits per heavy atom. The minimum absolute atomic E-state index is 0.527. The van der Waals surface area contributed by atoms with E-state index in [1.54, 1.807) is 0 Å². The average molecular weight is 234 g/mol. The number of rotatable bonds is 3. The monoisotopic (exact) mass is 234 g/mol. The summed E-state index contributed by atoms with van der Waals surface area (Å²) >= 11 is 0. The zero-order valence-electron chi connectivity index (χ0n) is 10.4. The maximum atomic E-state index is 5.53. The molecule has 3 heteroatoms. The number of hydrogen-bond acceptors (Lipinski definition) is 3. The lowest BCUT2D eigenvalue weighted by molar-refractivity contribution is 0.328. The highest BCUT2D eigenvalue weighted by Crippen LogP contribution is 2.30. The SMILES string of the molecule is c1cc2c(o1)CCCC2NCC1CCCNC1. The molecule has 2 aliphatic rings. The molecule has 1 saturated heterocycles. The zero-order chi connectivity index (χ0) is 11.5. The van der Waals surface area contributed by atoms with E-state index in [4.69, 9.17) is 4.42 Å². The lowest BCUT2D eigenvalue weighted by atomic mass is 9.92. The van der Waals surface area contributed by atoms with Crippen LogP contribution in [0.3, 0.4) is 0 Å². The van der Waals surface area contributed by atoms with Crippen molar-refractivity contribution in [3.05, 3.63) is 23.7 Å². The van der Waals surface area contributed by atoms with Crippen molar-refractivity contribution in [3.8, 4) is 0 Å². The highest BCUT2D eigenvalue weighted by atomic mass is 16.3. The van der Waals surface area contributed by atoms with Gasteiger partial charge in [0.25, 0.3) is 0 Å². The summed E-state index contributed by atoms with van der Waals surface area (Å²) in [6.45, 7) is 3.52. The van der Waals surface area contributed by atoms with Gasteiger partial charge >= 0.3 is 0 Å². The predicted octanol–water partition coefficient (Wildman–Crippen LogP) is 2.25. The van der Waals surface area contributed by atoms with Crippen LogP contribution >= 0.6 is 0 Å². The highest BCUT2D eigenvalue weighted by molar-refractivity contribution is 5.23. The van der Waals surface area contributed by atoms with Gasteiger partial charge in [-0.1, -0.05) is 0 Å². The summed E-state index contributed by atoms with van der Waals surface area (Å²) in [5, 5.41) is 7.21. The molecule has 0 saturated carbocycles. The third-order valence-corrected chi connectivity index (χ3v) is 4.10. The molecule has 0 amide bonds. The predicted molar refractivity (Wildman–Crippen MR) is 68.0 cm³/mol. The van der Waals surface area contributed by atoms with Crippen LogP contribution in [0.25, 0.3) is 0 Å². The highest BCUT2D eigenvalue weighted by Gasteiger charge is 2.23. The number of hydrogen-bond donors (Lipinski definition) is 2. The number of piperidine rings is 1. The molecule has 1 aliphatic carbocycles. The second kappa shape index (κ2) is 5.23.